The molecule has 0 aromatic heterocycles. The minimum absolute atomic E-state index is 0.134. The summed E-state index contributed by atoms with van der Waals surface area (Å²) in [6.07, 6.45) is -0.207. The Hall–Kier alpha value is -1.62. The molecule has 39 heavy (non-hydrogen) atoms. The molecule has 0 saturated heterocycles. The second-order valence-electron chi connectivity index (χ2n) is 10.1. The summed E-state index contributed by atoms with van der Waals surface area (Å²) in [5.74, 6) is 0. The van der Waals surface area contributed by atoms with Gasteiger partial charge in [-0.15, -0.1) is 9.46 Å². The van der Waals surface area contributed by atoms with Gasteiger partial charge in [-0.05, 0) is 66.3 Å². The first-order valence-electron chi connectivity index (χ1n) is 12.1. The fourth-order valence-electron chi connectivity index (χ4n) is 3.90. The van der Waals surface area contributed by atoms with Crippen LogP contribution in [0.5, 0.6) is 0 Å². The summed E-state index contributed by atoms with van der Waals surface area (Å²) < 4.78 is 94.4. The Morgan fingerprint density at radius 2 is 1.13 bits per heavy atom. The van der Waals surface area contributed by atoms with Crippen LogP contribution in [0.15, 0.2) is 48.5 Å². The van der Waals surface area contributed by atoms with Crippen LogP contribution < -0.4 is 0 Å². The Morgan fingerprint density at radius 1 is 0.744 bits per heavy atom. The zero-order valence-electron chi connectivity index (χ0n) is 22.1. The Labute approximate surface area is 225 Å². The van der Waals surface area contributed by atoms with E-state index in [1.54, 1.807) is 12.1 Å². The Kier molecular flexibility index (Phi) is 11.9. The Balaban J connectivity index is 2.40. The van der Waals surface area contributed by atoms with Gasteiger partial charge in [0.05, 0.1) is 31.6 Å². The van der Waals surface area contributed by atoms with Gasteiger partial charge in [0.1, 0.15) is 0 Å². The summed E-state index contributed by atoms with van der Waals surface area (Å²) in [5, 5.41) is 0. The molecular weight excluding hydrogens is 566 g/mol. The average Bonchev–Trinajstić information content (AvgIpc) is 2.87. The van der Waals surface area contributed by atoms with Crippen LogP contribution in [0.3, 0.4) is 0 Å². The molecule has 8 nitrogen and oxygen atoms in total. The van der Waals surface area contributed by atoms with Gasteiger partial charge in [-0.2, -0.15) is 8.78 Å². The smallest absolute Gasteiger partial charge is 0.378 e. The van der Waals surface area contributed by atoms with Crippen molar-refractivity contribution in [3.05, 3.63) is 70.8 Å². The summed E-state index contributed by atoms with van der Waals surface area (Å²) in [6, 6.07) is 11.1. The number of alkyl halides is 2. The highest BCUT2D eigenvalue weighted by Crippen LogP contribution is 2.59. The van der Waals surface area contributed by atoms with Crippen LogP contribution in [0.4, 0.5) is 17.8 Å². The molecular formula is C25H34F4O8P2. The molecule has 0 aliphatic heterocycles. The maximum absolute atomic E-state index is 14.1. The van der Waals surface area contributed by atoms with Crippen molar-refractivity contribution in [1.29, 1.82) is 0 Å². The summed E-state index contributed by atoms with van der Waals surface area (Å²) in [7, 11) is -10.3. The van der Waals surface area contributed by atoms with Crippen molar-refractivity contribution in [2.75, 3.05) is 13.2 Å². The molecule has 0 spiro atoms. The first-order valence-corrected chi connectivity index (χ1v) is 15.4. The molecule has 0 aliphatic carbocycles. The summed E-state index contributed by atoms with van der Waals surface area (Å²) in [5.41, 5.74) is -4.14. The molecule has 14 heteroatoms. The van der Waals surface area contributed by atoms with E-state index in [4.69, 9.17) is 19.3 Å². The molecule has 0 bridgehead atoms. The van der Waals surface area contributed by atoms with E-state index in [1.165, 1.54) is 24.3 Å². The van der Waals surface area contributed by atoms with Gasteiger partial charge in [0.15, 0.2) is 0 Å². The highest BCUT2D eigenvalue weighted by molar-refractivity contribution is 7.52. The van der Waals surface area contributed by atoms with Crippen molar-refractivity contribution in [3.63, 3.8) is 0 Å². The number of hydrogen-bond donors (Lipinski definition) is 2. The normalized spacial score (nSPS) is 13.4. The molecule has 2 rings (SSSR count). The van der Waals surface area contributed by atoms with E-state index >= 15 is 0 Å². The molecule has 0 aliphatic rings. The van der Waals surface area contributed by atoms with E-state index in [9.17, 15) is 27.0 Å². The van der Waals surface area contributed by atoms with Crippen LogP contribution in [0, 0.1) is 5.41 Å². The molecule has 0 fully saturated rings. The van der Waals surface area contributed by atoms with Gasteiger partial charge in [0.25, 0.3) is 0 Å². The van der Waals surface area contributed by atoms with Gasteiger partial charge in [-0.3, -0.25) is 9.13 Å². The SMILES string of the molecule is CC(C)OCC(COC(C)C)(Cc1ccc(CP(=O)(OF)OF)cc1)Cc1ccc(C(F)(F)P(=O)(O)O)cc1. The summed E-state index contributed by atoms with van der Waals surface area (Å²) >= 11 is 0. The number of hydrogen-bond acceptors (Lipinski definition) is 6. The number of halogens is 4. The van der Waals surface area contributed by atoms with Crippen molar-refractivity contribution in [1.82, 2.24) is 0 Å². The highest BCUT2D eigenvalue weighted by Gasteiger charge is 2.50. The summed E-state index contributed by atoms with van der Waals surface area (Å²) in [4.78, 5) is 18.1. The van der Waals surface area contributed by atoms with E-state index in [-0.39, 0.29) is 25.4 Å². The topological polar surface area (TPSA) is 112 Å². The van der Waals surface area contributed by atoms with E-state index in [0.717, 1.165) is 17.7 Å². The van der Waals surface area contributed by atoms with Crippen LogP contribution >= 0.6 is 15.2 Å². The van der Waals surface area contributed by atoms with Gasteiger partial charge >= 0.3 is 20.9 Å². The molecule has 0 unspecified atom stereocenters. The highest BCUT2D eigenvalue weighted by atomic mass is 31.2. The molecule has 0 atom stereocenters. The largest absolute Gasteiger partial charge is 0.399 e. The van der Waals surface area contributed by atoms with Crippen LogP contribution in [-0.4, -0.2) is 35.2 Å². The minimum atomic E-state index is -5.71. The van der Waals surface area contributed by atoms with Gasteiger partial charge in [0.2, 0.25) is 0 Å². The quantitative estimate of drug-likeness (QED) is 0.156. The maximum atomic E-state index is 14.1. The lowest BCUT2D eigenvalue weighted by Crippen LogP contribution is -2.39. The van der Waals surface area contributed by atoms with Crippen LogP contribution in [0.2, 0.25) is 0 Å². The monoisotopic (exact) mass is 600 g/mol. The second kappa shape index (κ2) is 13.8. The van der Waals surface area contributed by atoms with Crippen molar-refractivity contribution < 1.29 is 55.7 Å². The van der Waals surface area contributed by atoms with Crippen LogP contribution in [0.1, 0.15) is 49.9 Å². The number of ether oxygens (including phenoxy) is 2. The molecule has 0 saturated carbocycles. The first-order chi connectivity index (χ1) is 18.0. The lowest BCUT2D eigenvalue weighted by Gasteiger charge is -2.35. The lowest BCUT2D eigenvalue weighted by atomic mass is 9.77. The predicted octanol–water partition coefficient (Wildman–Crippen LogP) is 7.03. The van der Waals surface area contributed by atoms with Crippen molar-refractivity contribution in [2.45, 2.75) is 64.6 Å². The van der Waals surface area contributed by atoms with Gasteiger partial charge in [0, 0.05) is 11.0 Å². The van der Waals surface area contributed by atoms with Crippen LogP contribution in [-0.2, 0) is 52.7 Å². The zero-order valence-corrected chi connectivity index (χ0v) is 23.8. The minimum Gasteiger partial charge on any atom is -0.378 e. The molecule has 0 heterocycles. The van der Waals surface area contributed by atoms with E-state index < -0.39 is 38.0 Å². The standard InChI is InChI=1S/C25H34F4O8P2/c1-18(2)34-16-24(17-35-19(3)4,13-20-5-7-22(8-6-20)15-38(30,36-28)37-29)14-21-9-11-23(12-10-21)25(26,27)39(31,32)33/h5-12,18-19H,13-17H2,1-4H3,(H2,31,32,33). The maximum Gasteiger partial charge on any atom is 0.399 e. The van der Waals surface area contributed by atoms with Gasteiger partial charge in [-0.1, -0.05) is 48.5 Å². The number of benzene rings is 2. The first kappa shape index (κ1) is 33.6. The fraction of sp³-hybridized carbons (Fsp3) is 0.520. The van der Waals surface area contributed by atoms with Gasteiger partial charge in [-0.25, -0.2) is 0 Å². The number of rotatable bonds is 16. The average molecular weight is 600 g/mol. The molecule has 0 amide bonds. The fourth-order valence-corrected chi connectivity index (χ4v) is 5.16. The van der Waals surface area contributed by atoms with Crippen molar-refractivity contribution in [2.24, 2.45) is 5.41 Å². The lowest BCUT2D eigenvalue weighted by molar-refractivity contribution is -0.0881. The Bertz CT molecular complexity index is 1120. The third kappa shape index (κ3) is 9.76. The van der Waals surface area contributed by atoms with E-state index in [1.807, 2.05) is 27.7 Å². The third-order valence-electron chi connectivity index (χ3n) is 5.88. The van der Waals surface area contributed by atoms with Gasteiger partial charge < -0.3 is 19.3 Å². The Morgan fingerprint density at radius 3 is 1.49 bits per heavy atom. The predicted molar refractivity (Wildman–Crippen MR) is 137 cm³/mol. The molecule has 0 radical (unpaired) electrons. The van der Waals surface area contributed by atoms with E-state index in [2.05, 4.69) is 9.46 Å². The molecule has 2 N–H and O–H groups in total. The zero-order chi connectivity index (χ0) is 29.5. The van der Waals surface area contributed by atoms with Crippen molar-refractivity contribution >= 4 is 15.2 Å². The van der Waals surface area contributed by atoms with E-state index in [0.29, 0.717) is 24.0 Å². The summed E-state index contributed by atoms with van der Waals surface area (Å²) in [6.45, 7) is 7.89. The molecule has 2 aromatic carbocycles. The molecule has 220 valence electrons. The van der Waals surface area contributed by atoms with Crippen molar-refractivity contribution in [3.8, 4) is 0 Å². The second-order valence-corrected chi connectivity index (χ2v) is 13.5. The van der Waals surface area contributed by atoms with Crippen LogP contribution in [0.25, 0.3) is 0 Å². The third-order valence-corrected chi connectivity index (χ3v) is 8.04. The molecule has 2 aromatic rings.